The highest BCUT2D eigenvalue weighted by atomic mass is 16.5. The molecule has 0 radical (unpaired) electrons. The lowest BCUT2D eigenvalue weighted by Crippen LogP contribution is -2.38. The summed E-state index contributed by atoms with van der Waals surface area (Å²) < 4.78 is 4.94. The summed E-state index contributed by atoms with van der Waals surface area (Å²) in [6.45, 7) is 5.60. The summed E-state index contributed by atoms with van der Waals surface area (Å²) in [5.41, 5.74) is 3.21. The van der Waals surface area contributed by atoms with E-state index in [1.54, 1.807) is 0 Å². The van der Waals surface area contributed by atoms with Gasteiger partial charge in [-0.05, 0) is 49.3 Å². The number of rotatable bonds is 8. The third kappa shape index (κ3) is 5.69. The van der Waals surface area contributed by atoms with Gasteiger partial charge in [-0.2, -0.15) is 0 Å². The molecule has 0 aromatic heterocycles. The van der Waals surface area contributed by atoms with Crippen LogP contribution in [0, 0.1) is 5.92 Å². The number of benzene rings is 1. The van der Waals surface area contributed by atoms with Crippen LogP contribution in [-0.2, 0) is 27.2 Å². The Morgan fingerprint density at radius 2 is 1.80 bits per heavy atom. The number of Topliss-reactive ketones (excluding diaryl/α,β-unsaturated/α-hetero) is 1. The van der Waals surface area contributed by atoms with Crippen LogP contribution in [0.3, 0.4) is 0 Å². The van der Waals surface area contributed by atoms with Crippen LogP contribution in [0.5, 0.6) is 0 Å². The van der Waals surface area contributed by atoms with Gasteiger partial charge in [-0.3, -0.25) is 14.4 Å². The summed E-state index contributed by atoms with van der Waals surface area (Å²) in [5, 5.41) is 2.77. The molecule has 1 aliphatic rings. The van der Waals surface area contributed by atoms with Gasteiger partial charge in [0.25, 0.3) is 5.91 Å². The third-order valence-electron chi connectivity index (χ3n) is 4.73. The Labute approximate surface area is 149 Å². The zero-order chi connectivity index (χ0) is 18.4. The van der Waals surface area contributed by atoms with Gasteiger partial charge in [0.1, 0.15) is 0 Å². The van der Waals surface area contributed by atoms with Gasteiger partial charge in [0.15, 0.2) is 12.4 Å². The average Bonchev–Trinajstić information content (AvgIpc) is 3.05. The molecule has 25 heavy (non-hydrogen) atoms. The Morgan fingerprint density at radius 3 is 2.52 bits per heavy atom. The second kappa shape index (κ2) is 8.79. The first-order valence-electron chi connectivity index (χ1n) is 8.97. The Morgan fingerprint density at radius 1 is 1.08 bits per heavy atom. The summed E-state index contributed by atoms with van der Waals surface area (Å²) in [7, 11) is 0. The number of carbonyl (C=O) groups excluding carboxylic acids is 3. The highest BCUT2D eigenvalue weighted by Crippen LogP contribution is 2.23. The van der Waals surface area contributed by atoms with E-state index in [0.717, 1.165) is 19.3 Å². The van der Waals surface area contributed by atoms with Crippen molar-refractivity contribution in [1.29, 1.82) is 0 Å². The quantitative estimate of drug-likeness (QED) is 0.581. The zero-order valence-corrected chi connectivity index (χ0v) is 15.3. The summed E-state index contributed by atoms with van der Waals surface area (Å²) >= 11 is 0. The molecular formula is C20H27NO4. The van der Waals surface area contributed by atoms with E-state index in [-0.39, 0.29) is 37.2 Å². The Bertz CT molecular complexity index is 651. The van der Waals surface area contributed by atoms with Crippen molar-refractivity contribution < 1.29 is 19.1 Å². The molecule has 0 spiro atoms. The van der Waals surface area contributed by atoms with Crippen molar-refractivity contribution in [3.63, 3.8) is 0 Å². The van der Waals surface area contributed by atoms with Crippen molar-refractivity contribution in [2.45, 2.75) is 58.9 Å². The Kier molecular flexibility index (Phi) is 6.73. The standard InChI is InChI=1S/C20H27NO4/c1-13(2)14(3)21-19(23)12-25-20(24)10-9-18(22)17-8-7-15-5-4-6-16(15)11-17/h7-8,11,13-14H,4-6,9-10,12H2,1-3H3,(H,21,23)/t14-/m1/s1. The maximum Gasteiger partial charge on any atom is 0.306 e. The van der Waals surface area contributed by atoms with E-state index in [1.165, 1.54) is 11.1 Å². The molecule has 0 bridgehead atoms. The molecule has 1 aromatic carbocycles. The van der Waals surface area contributed by atoms with Crippen LogP contribution < -0.4 is 5.32 Å². The van der Waals surface area contributed by atoms with E-state index < -0.39 is 5.97 Å². The zero-order valence-electron chi connectivity index (χ0n) is 15.3. The predicted molar refractivity (Wildman–Crippen MR) is 95.4 cm³/mol. The number of esters is 1. The van der Waals surface area contributed by atoms with Crippen LogP contribution in [0.1, 0.15) is 61.5 Å². The third-order valence-corrected chi connectivity index (χ3v) is 4.73. The number of nitrogens with one attached hydrogen (secondary N) is 1. The summed E-state index contributed by atoms with van der Waals surface area (Å²) in [5.74, 6) is -0.601. The van der Waals surface area contributed by atoms with E-state index >= 15 is 0 Å². The molecular weight excluding hydrogens is 318 g/mol. The number of hydrogen-bond acceptors (Lipinski definition) is 4. The topological polar surface area (TPSA) is 72.5 Å². The number of ether oxygens (including phenoxy) is 1. The van der Waals surface area contributed by atoms with Crippen LogP contribution in [0.25, 0.3) is 0 Å². The maximum absolute atomic E-state index is 12.2. The molecule has 5 heteroatoms. The minimum absolute atomic E-state index is 0.0110. The minimum atomic E-state index is -0.526. The lowest BCUT2D eigenvalue weighted by molar-refractivity contribution is -0.148. The van der Waals surface area contributed by atoms with Gasteiger partial charge in [0.05, 0.1) is 6.42 Å². The first-order valence-corrected chi connectivity index (χ1v) is 8.97. The molecule has 1 atom stereocenters. The normalized spacial score (nSPS) is 14.1. The van der Waals surface area contributed by atoms with Crippen molar-refractivity contribution in [3.8, 4) is 0 Å². The van der Waals surface area contributed by atoms with E-state index in [1.807, 2.05) is 39.0 Å². The Hall–Kier alpha value is -2.17. The van der Waals surface area contributed by atoms with Crippen LogP contribution in [0.2, 0.25) is 0 Å². The highest BCUT2D eigenvalue weighted by Gasteiger charge is 2.16. The summed E-state index contributed by atoms with van der Waals surface area (Å²) in [6, 6.07) is 5.80. The SMILES string of the molecule is CC(C)[C@@H](C)NC(=O)COC(=O)CCC(=O)c1ccc2c(c1)CCC2. The summed E-state index contributed by atoms with van der Waals surface area (Å²) in [4.78, 5) is 35.6. The number of aryl methyl sites for hydroxylation is 2. The number of carbonyl (C=O) groups is 3. The van der Waals surface area contributed by atoms with Gasteiger partial charge in [-0.15, -0.1) is 0 Å². The smallest absolute Gasteiger partial charge is 0.306 e. The Balaban J connectivity index is 1.72. The molecule has 0 saturated carbocycles. The van der Waals surface area contributed by atoms with Gasteiger partial charge in [0, 0.05) is 18.0 Å². The fraction of sp³-hybridized carbons (Fsp3) is 0.550. The molecule has 136 valence electrons. The number of amides is 1. The molecule has 1 N–H and O–H groups in total. The van der Waals surface area contributed by atoms with Crippen molar-refractivity contribution >= 4 is 17.7 Å². The molecule has 0 saturated heterocycles. The van der Waals surface area contributed by atoms with E-state index in [0.29, 0.717) is 11.5 Å². The molecule has 0 aliphatic heterocycles. The molecule has 5 nitrogen and oxygen atoms in total. The van der Waals surface area contributed by atoms with Crippen LogP contribution in [0.4, 0.5) is 0 Å². The van der Waals surface area contributed by atoms with Gasteiger partial charge in [-0.1, -0.05) is 26.0 Å². The molecule has 1 aliphatic carbocycles. The van der Waals surface area contributed by atoms with Crippen LogP contribution >= 0.6 is 0 Å². The molecule has 1 amide bonds. The van der Waals surface area contributed by atoms with E-state index in [2.05, 4.69) is 5.32 Å². The number of fused-ring (bicyclic) bond motifs is 1. The highest BCUT2D eigenvalue weighted by molar-refractivity contribution is 5.97. The molecule has 0 heterocycles. The van der Waals surface area contributed by atoms with Crippen molar-refractivity contribution in [2.24, 2.45) is 5.92 Å². The van der Waals surface area contributed by atoms with Crippen molar-refractivity contribution in [3.05, 3.63) is 34.9 Å². The van der Waals surface area contributed by atoms with Crippen LogP contribution in [-0.4, -0.2) is 30.3 Å². The van der Waals surface area contributed by atoms with E-state index in [9.17, 15) is 14.4 Å². The fourth-order valence-corrected chi connectivity index (χ4v) is 2.79. The fourth-order valence-electron chi connectivity index (χ4n) is 2.79. The van der Waals surface area contributed by atoms with Gasteiger partial charge in [-0.25, -0.2) is 0 Å². The van der Waals surface area contributed by atoms with Gasteiger partial charge >= 0.3 is 5.97 Å². The lowest BCUT2D eigenvalue weighted by Gasteiger charge is -2.17. The second-order valence-corrected chi connectivity index (χ2v) is 7.02. The van der Waals surface area contributed by atoms with E-state index in [4.69, 9.17) is 4.74 Å². The average molecular weight is 345 g/mol. The number of hydrogen-bond donors (Lipinski definition) is 1. The monoisotopic (exact) mass is 345 g/mol. The predicted octanol–water partition coefficient (Wildman–Crippen LogP) is 2.84. The number of ketones is 1. The van der Waals surface area contributed by atoms with Crippen molar-refractivity contribution in [2.75, 3.05) is 6.61 Å². The maximum atomic E-state index is 12.2. The molecule has 1 aromatic rings. The molecule has 0 fully saturated rings. The lowest BCUT2D eigenvalue weighted by atomic mass is 10.0. The van der Waals surface area contributed by atoms with Gasteiger partial charge in [0.2, 0.25) is 0 Å². The summed E-state index contributed by atoms with van der Waals surface area (Å²) in [6.07, 6.45) is 3.32. The second-order valence-electron chi connectivity index (χ2n) is 7.02. The van der Waals surface area contributed by atoms with Gasteiger partial charge < -0.3 is 10.1 Å². The minimum Gasteiger partial charge on any atom is -0.456 e. The first-order chi connectivity index (χ1) is 11.9. The molecule has 2 rings (SSSR count). The molecule has 0 unspecified atom stereocenters. The van der Waals surface area contributed by atoms with Crippen molar-refractivity contribution in [1.82, 2.24) is 5.32 Å². The largest absolute Gasteiger partial charge is 0.456 e. The van der Waals surface area contributed by atoms with Crippen LogP contribution in [0.15, 0.2) is 18.2 Å². The first kappa shape index (κ1) is 19.2.